The molecule has 1 aromatic heterocycles. The second kappa shape index (κ2) is 8.57. The second-order valence-electron chi connectivity index (χ2n) is 6.91. The monoisotopic (exact) mass is 396 g/mol. The van der Waals surface area contributed by atoms with Crippen molar-refractivity contribution in [2.75, 3.05) is 0 Å². The van der Waals surface area contributed by atoms with Crippen molar-refractivity contribution in [3.8, 4) is 34.0 Å². The lowest BCUT2D eigenvalue weighted by Gasteiger charge is -2.04. The highest BCUT2D eigenvalue weighted by molar-refractivity contribution is 5.86. The molecular weight excluding hydrogens is 376 g/mol. The highest BCUT2D eigenvalue weighted by atomic mass is 16.5. The smallest absolute Gasteiger partial charge is 0.333 e. The normalized spacial score (nSPS) is 10.6. The fourth-order valence-electron chi connectivity index (χ4n) is 2.91. The fraction of sp³-hybridized carbons (Fsp3) is 0.0800. The maximum Gasteiger partial charge on any atom is 0.333 e. The maximum atomic E-state index is 11.5. The van der Waals surface area contributed by atoms with Gasteiger partial charge >= 0.3 is 5.97 Å². The molecule has 0 saturated heterocycles. The van der Waals surface area contributed by atoms with E-state index in [0.29, 0.717) is 17.4 Å². The number of carbonyl (C=O) groups is 1. The van der Waals surface area contributed by atoms with E-state index in [4.69, 9.17) is 9.15 Å². The summed E-state index contributed by atoms with van der Waals surface area (Å²) in [5.41, 5.74) is 5.18. The first kappa shape index (κ1) is 19.3. The first-order valence-corrected chi connectivity index (χ1v) is 9.51. The Balaban J connectivity index is 1.46. The Morgan fingerprint density at radius 2 is 1.30 bits per heavy atom. The van der Waals surface area contributed by atoms with Gasteiger partial charge in [0.15, 0.2) is 0 Å². The molecule has 0 bridgehead atoms. The van der Waals surface area contributed by atoms with E-state index in [1.54, 1.807) is 6.92 Å². The quantitative estimate of drug-likeness (QED) is 0.309. The van der Waals surface area contributed by atoms with Crippen molar-refractivity contribution < 1.29 is 13.9 Å². The molecule has 0 saturated carbocycles. The Hall–Kier alpha value is -3.99. The molecule has 0 aliphatic carbocycles. The highest BCUT2D eigenvalue weighted by Gasteiger charge is 2.11. The summed E-state index contributed by atoms with van der Waals surface area (Å²) in [6.07, 6.45) is 0. The minimum absolute atomic E-state index is 0.189. The third-order valence-corrected chi connectivity index (χ3v) is 4.58. The molecule has 0 aliphatic rings. The van der Waals surface area contributed by atoms with Gasteiger partial charge in [-0.25, -0.2) is 4.79 Å². The number of aromatic nitrogens is 2. The largest absolute Gasteiger partial charge is 0.457 e. The van der Waals surface area contributed by atoms with E-state index in [1.165, 1.54) is 0 Å². The summed E-state index contributed by atoms with van der Waals surface area (Å²) < 4.78 is 11.0. The van der Waals surface area contributed by atoms with Crippen LogP contribution in [-0.4, -0.2) is 16.2 Å². The lowest BCUT2D eigenvalue weighted by molar-refractivity contribution is -0.140. The summed E-state index contributed by atoms with van der Waals surface area (Å²) in [5.74, 6) is 0.491. The van der Waals surface area contributed by atoms with Gasteiger partial charge in [0.05, 0.1) is 0 Å². The van der Waals surface area contributed by atoms with Gasteiger partial charge < -0.3 is 9.15 Å². The van der Waals surface area contributed by atoms with Crippen molar-refractivity contribution >= 4 is 5.97 Å². The molecule has 0 fully saturated rings. The van der Waals surface area contributed by atoms with Crippen LogP contribution in [0.3, 0.4) is 0 Å². The minimum Gasteiger partial charge on any atom is -0.457 e. The SMILES string of the molecule is C=C(C)C(=O)OCc1ccc(-c2nnc(-c3ccc(-c4ccccc4)cc3)o2)cc1. The summed E-state index contributed by atoms with van der Waals surface area (Å²) in [6, 6.07) is 25.6. The van der Waals surface area contributed by atoms with Crippen LogP contribution in [0.4, 0.5) is 0 Å². The van der Waals surface area contributed by atoms with Crippen molar-refractivity contribution in [3.05, 3.63) is 96.6 Å². The Labute approximate surface area is 174 Å². The van der Waals surface area contributed by atoms with Crippen LogP contribution in [0.25, 0.3) is 34.0 Å². The van der Waals surface area contributed by atoms with E-state index in [9.17, 15) is 4.79 Å². The summed E-state index contributed by atoms with van der Waals surface area (Å²) in [4.78, 5) is 11.5. The molecule has 3 aromatic carbocycles. The van der Waals surface area contributed by atoms with E-state index in [0.717, 1.165) is 27.8 Å². The Kier molecular flexibility index (Phi) is 5.52. The molecule has 0 radical (unpaired) electrons. The van der Waals surface area contributed by atoms with Gasteiger partial charge in [0.2, 0.25) is 11.8 Å². The van der Waals surface area contributed by atoms with Gasteiger partial charge in [0.1, 0.15) is 6.61 Å². The van der Waals surface area contributed by atoms with Crippen LogP contribution in [0.2, 0.25) is 0 Å². The molecule has 0 N–H and O–H groups in total. The maximum absolute atomic E-state index is 11.5. The molecule has 4 rings (SSSR count). The van der Waals surface area contributed by atoms with Crippen molar-refractivity contribution in [3.63, 3.8) is 0 Å². The number of hydrogen-bond donors (Lipinski definition) is 0. The molecule has 0 amide bonds. The first-order chi connectivity index (χ1) is 14.6. The predicted octanol–water partition coefficient (Wildman–Crippen LogP) is 5.69. The van der Waals surface area contributed by atoms with Gasteiger partial charge in [-0.05, 0) is 47.9 Å². The minimum atomic E-state index is -0.404. The van der Waals surface area contributed by atoms with E-state index in [-0.39, 0.29) is 6.61 Å². The number of hydrogen-bond acceptors (Lipinski definition) is 5. The lowest BCUT2D eigenvalue weighted by atomic mass is 10.0. The number of carbonyl (C=O) groups excluding carboxylic acids is 1. The summed E-state index contributed by atoms with van der Waals surface area (Å²) >= 11 is 0. The lowest BCUT2D eigenvalue weighted by Crippen LogP contribution is -2.04. The van der Waals surface area contributed by atoms with Gasteiger partial charge in [-0.3, -0.25) is 0 Å². The van der Waals surface area contributed by atoms with Crippen LogP contribution in [-0.2, 0) is 16.1 Å². The molecule has 5 nitrogen and oxygen atoms in total. The average molecular weight is 396 g/mol. The van der Waals surface area contributed by atoms with Crippen molar-refractivity contribution in [2.24, 2.45) is 0 Å². The standard InChI is InChI=1S/C25H20N2O3/c1-17(2)25(28)29-16-18-8-10-21(11-9-18)23-26-27-24(30-23)22-14-12-20(13-15-22)19-6-4-3-5-7-19/h3-15H,1,16H2,2H3. The van der Waals surface area contributed by atoms with Crippen LogP contribution in [0.5, 0.6) is 0 Å². The number of ether oxygens (including phenoxy) is 1. The molecule has 0 spiro atoms. The highest BCUT2D eigenvalue weighted by Crippen LogP contribution is 2.27. The Morgan fingerprint density at radius 1 is 0.800 bits per heavy atom. The number of nitrogens with zero attached hydrogens (tertiary/aromatic N) is 2. The zero-order valence-corrected chi connectivity index (χ0v) is 16.5. The van der Waals surface area contributed by atoms with Gasteiger partial charge in [-0.1, -0.05) is 61.2 Å². The van der Waals surface area contributed by atoms with Crippen LogP contribution in [0, 0.1) is 0 Å². The molecule has 0 atom stereocenters. The second-order valence-corrected chi connectivity index (χ2v) is 6.91. The molecule has 1 heterocycles. The predicted molar refractivity (Wildman–Crippen MR) is 115 cm³/mol. The van der Waals surface area contributed by atoms with Gasteiger partial charge in [0, 0.05) is 16.7 Å². The molecule has 148 valence electrons. The Morgan fingerprint density at radius 3 is 1.87 bits per heavy atom. The third kappa shape index (κ3) is 4.36. The zero-order chi connectivity index (χ0) is 20.9. The van der Waals surface area contributed by atoms with Crippen LogP contribution in [0.1, 0.15) is 12.5 Å². The third-order valence-electron chi connectivity index (χ3n) is 4.58. The van der Waals surface area contributed by atoms with Crippen LogP contribution in [0.15, 0.2) is 95.4 Å². The zero-order valence-electron chi connectivity index (χ0n) is 16.5. The molecule has 4 aromatic rings. The van der Waals surface area contributed by atoms with Crippen molar-refractivity contribution in [1.29, 1.82) is 0 Å². The van der Waals surface area contributed by atoms with Crippen molar-refractivity contribution in [2.45, 2.75) is 13.5 Å². The van der Waals surface area contributed by atoms with Gasteiger partial charge in [-0.15, -0.1) is 10.2 Å². The molecular formula is C25H20N2O3. The average Bonchev–Trinajstić information content (AvgIpc) is 3.29. The molecule has 30 heavy (non-hydrogen) atoms. The topological polar surface area (TPSA) is 65.2 Å². The van der Waals surface area contributed by atoms with E-state index < -0.39 is 5.97 Å². The van der Waals surface area contributed by atoms with Crippen LogP contribution < -0.4 is 0 Å². The molecule has 0 unspecified atom stereocenters. The summed E-state index contributed by atoms with van der Waals surface area (Å²) in [7, 11) is 0. The summed E-state index contributed by atoms with van der Waals surface area (Å²) in [5, 5.41) is 8.33. The number of esters is 1. The number of rotatable bonds is 6. The van der Waals surface area contributed by atoms with E-state index >= 15 is 0 Å². The van der Waals surface area contributed by atoms with Gasteiger partial charge in [-0.2, -0.15) is 0 Å². The molecule has 0 aliphatic heterocycles. The first-order valence-electron chi connectivity index (χ1n) is 9.51. The fourth-order valence-corrected chi connectivity index (χ4v) is 2.91. The summed E-state index contributed by atoms with van der Waals surface area (Å²) in [6.45, 7) is 5.37. The van der Waals surface area contributed by atoms with E-state index in [1.807, 2.05) is 66.7 Å². The van der Waals surface area contributed by atoms with Gasteiger partial charge in [0.25, 0.3) is 0 Å². The Bertz CT molecular complexity index is 1160. The van der Waals surface area contributed by atoms with E-state index in [2.05, 4.69) is 28.9 Å². The van der Waals surface area contributed by atoms with Crippen LogP contribution >= 0.6 is 0 Å². The molecule has 5 heteroatoms. The number of benzene rings is 3. The van der Waals surface area contributed by atoms with Crippen molar-refractivity contribution in [1.82, 2.24) is 10.2 Å².